The quantitative estimate of drug-likeness (QED) is 0.801. The van der Waals surface area contributed by atoms with Crippen LogP contribution in [-0.4, -0.2) is 39.5 Å². The van der Waals surface area contributed by atoms with Crippen LogP contribution in [0.5, 0.6) is 0 Å². The number of nitrogens with zero attached hydrogens (tertiary/aromatic N) is 1. The van der Waals surface area contributed by atoms with Crippen molar-refractivity contribution in [2.75, 3.05) is 25.9 Å². The molecular weight excluding hydrogens is 342 g/mol. The zero-order valence-electron chi connectivity index (χ0n) is 11.5. The molecule has 2 rings (SSSR count). The van der Waals surface area contributed by atoms with Crippen molar-refractivity contribution >= 4 is 31.6 Å². The van der Waals surface area contributed by atoms with Crippen molar-refractivity contribution in [1.82, 2.24) is 9.62 Å². The van der Waals surface area contributed by atoms with Crippen LogP contribution >= 0.6 is 15.9 Å². The van der Waals surface area contributed by atoms with Gasteiger partial charge in [-0.25, -0.2) is 13.1 Å². The first kappa shape index (κ1) is 15.8. The Labute approximate surface area is 128 Å². The normalized spacial score (nSPS) is 21.0. The number of piperidine rings is 1. The highest BCUT2D eigenvalue weighted by Gasteiger charge is 2.23. The number of anilines is 1. The molecule has 1 aromatic rings. The van der Waals surface area contributed by atoms with Gasteiger partial charge in [-0.05, 0) is 60.6 Å². The minimum Gasteiger partial charge on any atom is -0.399 e. The summed E-state index contributed by atoms with van der Waals surface area (Å²) in [5, 5.41) is 0. The monoisotopic (exact) mass is 361 g/mol. The molecule has 20 heavy (non-hydrogen) atoms. The Kier molecular flexibility index (Phi) is 5.06. The van der Waals surface area contributed by atoms with Gasteiger partial charge < -0.3 is 10.6 Å². The predicted molar refractivity (Wildman–Crippen MR) is 84.0 cm³/mol. The molecule has 0 bridgehead atoms. The predicted octanol–water partition coefficient (Wildman–Crippen LogP) is 1.79. The molecule has 1 aliphatic heterocycles. The van der Waals surface area contributed by atoms with Crippen LogP contribution in [0.3, 0.4) is 0 Å². The lowest BCUT2D eigenvalue weighted by atomic mass is 10.0. The van der Waals surface area contributed by atoms with Crippen LogP contribution in [0, 0.1) is 0 Å². The number of halogens is 1. The average molecular weight is 362 g/mol. The molecule has 0 radical (unpaired) electrons. The van der Waals surface area contributed by atoms with Crippen LogP contribution in [0.25, 0.3) is 0 Å². The third kappa shape index (κ3) is 3.72. The van der Waals surface area contributed by atoms with Crippen LogP contribution in [-0.2, 0) is 10.0 Å². The SMILES string of the molecule is CN1CCCCC1CNS(=O)(=O)c1cc(N)ccc1Br. The minimum absolute atomic E-state index is 0.191. The van der Waals surface area contributed by atoms with Crippen LogP contribution in [0.15, 0.2) is 27.6 Å². The van der Waals surface area contributed by atoms with Crippen molar-refractivity contribution in [2.45, 2.75) is 30.2 Å². The minimum atomic E-state index is -3.54. The molecule has 3 N–H and O–H groups in total. The van der Waals surface area contributed by atoms with Crippen LogP contribution < -0.4 is 10.5 Å². The van der Waals surface area contributed by atoms with Crippen molar-refractivity contribution in [3.8, 4) is 0 Å². The number of nitrogens with two attached hydrogens (primary N) is 1. The highest BCUT2D eigenvalue weighted by atomic mass is 79.9. The summed E-state index contributed by atoms with van der Waals surface area (Å²) in [5.74, 6) is 0. The van der Waals surface area contributed by atoms with Crippen molar-refractivity contribution in [3.63, 3.8) is 0 Å². The molecule has 1 atom stereocenters. The van der Waals surface area contributed by atoms with E-state index in [1.165, 1.54) is 12.5 Å². The van der Waals surface area contributed by atoms with Crippen molar-refractivity contribution < 1.29 is 8.42 Å². The number of rotatable bonds is 4. The van der Waals surface area contributed by atoms with E-state index in [9.17, 15) is 8.42 Å². The molecule has 1 unspecified atom stereocenters. The third-order valence-electron chi connectivity index (χ3n) is 3.68. The van der Waals surface area contributed by atoms with Gasteiger partial charge in [-0.3, -0.25) is 0 Å². The Morgan fingerprint density at radius 3 is 2.90 bits per heavy atom. The molecular formula is C13H20BrN3O2S. The number of sulfonamides is 1. The second kappa shape index (κ2) is 6.43. The van der Waals surface area contributed by atoms with Gasteiger partial charge in [0.2, 0.25) is 10.0 Å². The number of likely N-dealkylation sites (tertiary alicyclic amines) is 1. The maximum Gasteiger partial charge on any atom is 0.241 e. The van der Waals surface area contributed by atoms with Gasteiger partial charge in [-0.2, -0.15) is 0 Å². The fraction of sp³-hybridized carbons (Fsp3) is 0.538. The van der Waals surface area contributed by atoms with Gasteiger partial charge >= 0.3 is 0 Å². The molecule has 1 saturated heterocycles. The smallest absolute Gasteiger partial charge is 0.241 e. The number of nitrogen functional groups attached to an aromatic ring is 1. The molecule has 1 fully saturated rings. The average Bonchev–Trinajstić information content (AvgIpc) is 2.40. The van der Waals surface area contributed by atoms with Gasteiger partial charge in [0.15, 0.2) is 0 Å². The van der Waals surface area contributed by atoms with Crippen molar-refractivity contribution in [2.24, 2.45) is 0 Å². The lowest BCUT2D eigenvalue weighted by molar-refractivity contribution is 0.187. The first-order valence-electron chi connectivity index (χ1n) is 6.65. The van der Waals surface area contributed by atoms with Crippen molar-refractivity contribution in [1.29, 1.82) is 0 Å². The number of hydrogen-bond donors (Lipinski definition) is 2. The highest BCUT2D eigenvalue weighted by molar-refractivity contribution is 9.10. The van der Waals surface area contributed by atoms with Gasteiger partial charge in [0, 0.05) is 22.7 Å². The van der Waals surface area contributed by atoms with E-state index in [2.05, 4.69) is 25.6 Å². The summed E-state index contributed by atoms with van der Waals surface area (Å²) in [7, 11) is -1.50. The summed E-state index contributed by atoms with van der Waals surface area (Å²) in [6.45, 7) is 1.45. The maximum absolute atomic E-state index is 12.3. The van der Waals surface area contributed by atoms with E-state index in [1.54, 1.807) is 12.1 Å². The largest absolute Gasteiger partial charge is 0.399 e. The van der Waals surface area contributed by atoms with Gasteiger partial charge in [0.05, 0.1) is 4.90 Å². The number of nitrogens with one attached hydrogen (secondary N) is 1. The van der Waals surface area contributed by atoms with Gasteiger partial charge in [-0.15, -0.1) is 0 Å². The van der Waals surface area contributed by atoms with E-state index in [0.717, 1.165) is 19.4 Å². The van der Waals surface area contributed by atoms with Crippen LogP contribution in [0.4, 0.5) is 5.69 Å². The van der Waals surface area contributed by atoms with E-state index in [4.69, 9.17) is 5.73 Å². The summed E-state index contributed by atoms with van der Waals surface area (Å²) < 4.78 is 27.9. The van der Waals surface area contributed by atoms with E-state index in [-0.39, 0.29) is 10.9 Å². The highest BCUT2D eigenvalue weighted by Crippen LogP contribution is 2.24. The zero-order chi connectivity index (χ0) is 14.8. The molecule has 7 heteroatoms. The van der Waals surface area contributed by atoms with Gasteiger partial charge in [-0.1, -0.05) is 6.42 Å². The lowest BCUT2D eigenvalue weighted by Gasteiger charge is -2.32. The summed E-state index contributed by atoms with van der Waals surface area (Å²) in [6, 6.07) is 5.05. The molecule has 0 saturated carbocycles. The second-order valence-electron chi connectivity index (χ2n) is 5.17. The first-order valence-corrected chi connectivity index (χ1v) is 8.93. The molecule has 112 valence electrons. The molecule has 0 amide bonds. The Morgan fingerprint density at radius 2 is 2.20 bits per heavy atom. The molecule has 1 aliphatic rings. The standard InChI is InChI=1S/C13H20BrN3O2S/c1-17-7-3-2-4-11(17)9-16-20(18,19)13-8-10(15)5-6-12(13)14/h5-6,8,11,16H,2-4,7,9,15H2,1H3. The third-order valence-corrected chi connectivity index (χ3v) is 6.09. The maximum atomic E-state index is 12.3. The number of benzene rings is 1. The summed E-state index contributed by atoms with van der Waals surface area (Å²) in [6.07, 6.45) is 3.36. The molecule has 1 heterocycles. The Morgan fingerprint density at radius 1 is 1.45 bits per heavy atom. The number of likely N-dealkylation sites (N-methyl/N-ethyl adjacent to an activating group) is 1. The molecule has 0 aliphatic carbocycles. The molecule has 0 spiro atoms. The second-order valence-corrected chi connectivity index (χ2v) is 7.76. The lowest BCUT2D eigenvalue weighted by Crippen LogP contribution is -2.44. The molecule has 1 aromatic carbocycles. The Hall–Kier alpha value is -0.630. The fourth-order valence-corrected chi connectivity index (χ4v) is 4.48. The zero-order valence-corrected chi connectivity index (χ0v) is 13.9. The van der Waals surface area contributed by atoms with E-state index in [0.29, 0.717) is 16.7 Å². The topological polar surface area (TPSA) is 75.4 Å². The van der Waals surface area contributed by atoms with Gasteiger partial charge in [0.1, 0.15) is 0 Å². The van der Waals surface area contributed by atoms with E-state index in [1.807, 2.05) is 7.05 Å². The Bertz CT molecular complexity index is 577. The fourth-order valence-electron chi connectivity index (χ4n) is 2.41. The van der Waals surface area contributed by atoms with Crippen LogP contribution in [0.1, 0.15) is 19.3 Å². The summed E-state index contributed by atoms with van der Waals surface area (Å²) >= 11 is 3.26. The Balaban J connectivity index is 2.09. The first-order chi connectivity index (χ1) is 9.40. The van der Waals surface area contributed by atoms with E-state index < -0.39 is 10.0 Å². The van der Waals surface area contributed by atoms with E-state index >= 15 is 0 Å². The number of hydrogen-bond acceptors (Lipinski definition) is 4. The molecule has 0 aromatic heterocycles. The molecule has 5 nitrogen and oxygen atoms in total. The summed E-state index contributed by atoms with van der Waals surface area (Å²) in [4.78, 5) is 2.40. The van der Waals surface area contributed by atoms with Gasteiger partial charge in [0.25, 0.3) is 0 Å². The van der Waals surface area contributed by atoms with Crippen LogP contribution in [0.2, 0.25) is 0 Å². The van der Waals surface area contributed by atoms with Crippen molar-refractivity contribution in [3.05, 3.63) is 22.7 Å². The summed E-state index contributed by atoms with van der Waals surface area (Å²) in [5.41, 5.74) is 6.10.